The van der Waals surface area contributed by atoms with Gasteiger partial charge in [0.25, 0.3) is 0 Å². The lowest BCUT2D eigenvalue weighted by Gasteiger charge is -2.26. The Bertz CT molecular complexity index is 985. The quantitative estimate of drug-likeness (QED) is 0.446. The number of methoxy groups -OCH3 is 1. The maximum absolute atomic E-state index is 10.3. The van der Waals surface area contributed by atoms with E-state index in [1.165, 1.54) is 0 Å². The van der Waals surface area contributed by atoms with Crippen LogP contribution in [0.5, 0.6) is 17.4 Å². The Morgan fingerprint density at radius 1 is 1.03 bits per heavy atom. The monoisotopic (exact) mass is 437 g/mol. The summed E-state index contributed by atoms with van der Waals surface area (Å²) in [7, 11) is 1.64. The van der Waals surface area contributed by atoms with E-state index >= 15 is 0 Å². The van der Waals surface area contributed by atoms with Gasteiger partial charge in [0.2, 0.25) is 5.88 Å². The fraction of sp³-hybridized carbons (Fsp3) is 0.423. The van der Waals surface area contributed by atoms with Crippen molar-refractivity contribution in [2.24, 2.45) is 5.92 Å². The van der Waals surface area contributed by atoms with Crippen LogP contribution in [0.4, 0.5) is 0 Å². The van der Waals surface area contributed by atoms with Crippen molar-refractivity contribution >= 4 is 0 Å². The predicted molar refractivity (Wildman–Crippen MR) is 128 cm³/mol. The summed E-state index contributed by atoms with van der Waals surface area (Å²) in [5, 5.41) is 15.1. The van der Waals surface area contributed by atoms with Crippen molar-refractivity contribution in [3.8, 4) is 23.1 Å². The van der Waals surface area contributed by atoms with Crippen LogP contribution in [0.2, 0.25) is 0 Å². The van der Waals surface area contributed by atoms with E-state index in [0.29, 0.717) is 30.6 Å². The first-order valence-electron chi connectivity index (χ1n) is 11.3. The third-order valence-corrected chi connectivity index (χ3v) is 5.34. The molecule has 0 aliphatic carbocycles. The summed E-state index contributed by atoms with van der Waals surface area (Å²) in [6.07, 6.45) is 0.366. The van der Waals surface area contributed by atoms with Crippen molar-refractivity contribution in [1.29, 1.82) is 0 Å². The maximum Gasteiger partial charge on any atom is 0.227 e. The van der Waals surface area contributed by atoms with Crippen molar-refractivity contribution < 1.29 is 14.6 Å². The van der Waals surface area contributed by atoms with Crippen LogP contribution in [-0.4, -0.2) is 46.1 Å². The van der Waals surface area contributed by atoms with Gasteiger partial charge in [0.05, 0.1) is 30.2 Å². The summed E-state index contributed by atoms with van der Waals surface area (Å²) < 4.78 is 13.7. The molecule has 0 saturated heterocycles. The molecule has 2 aromatic carbocycles. The Hall–Kier alpha value is -2.83. The average molecular weight is 438 g/mol. The summed E-state index contributed by atoms with van der Waals surface area (Å²) in [5.74, 6) is 2.58. The molecule has 1 heterocycles. The van der Waals surface area contributed by atoms with Gasteiger partial charge in [0, 0.05) is 25.7 Å². The zero-order chi connectivity index (χ0) is 23.1. The highest BCUT2D eigenvalue weighted by Crippen LogP contribution is 2.33. The Labute approximate surface area is 191 Å². The Morgan fingerprint density at radius 2 is 1.75 bits per heavy atom. The first kappa shape index (κ1) is 23.8. The summed E-state index contributed by atoms with van der Waals surface area (Å²) >= 11 is 0. The van der Waals surface area contributed by atoms with E-state index in [0.717, 1.165) is 35.7 Å². The zero-order valence-electron chi connectivity index (χ0n) is 19.8. The summed E-state index contributed by atoms with van der Waals surface area (Å²) in [6.45, 7) is 10.5. The number of para-hydroxylation sites is 1. The molecule has 3 rings (SSSR count). The van der Waals surface area contributed by atoms with Crippen LogP contribution in [0.15, 0.2) is 54.6 Å². The van der Waals surface area contributed by atoms with Gasteiger partial charge in [0.1, 0.15) is 11.5 Å². The highest BCUT2D eigenvalue weighted by atomic mass is 16.5. The minimum atomic E-state index is -0.360. The van der Waals surface area contributed by atoms with E-state index in [1.807, 2.05) is 73.1 Å². The molecule has 0 saturated carbocycles. The van der Waals surface area contributed by atoms with E-state index in [4.69, 9.17) is 14.6 Å². The molecule has 0 amide bonds. The molecular weight excluding hydrogens is 402 g/mol. The molecule has 0 bridgehead atoms. The first-order valence-corrected chi connectivity index (χ1v) is 11.3. The number of aryl methyl sites for hydroxylation is 1. The summed E-state index contributed by atoms with van der Waals surface area (Å²) in [4.78, 5) is 2.29. The molecule has 172 valence electrons. The van der Waals surface area contributed by atoms with Gasteiger partial charge in [-0.1, -0.05) is 45.0 Å². The molecule has 0 aliphatic rings. The van der Waals surface area contributed by atoms with E-state index in [-0.39, 0.29) is 6.10 Å². The van der Waals surface area contributed by atoms with Crippen molar-refractivity contribution in [2.45, 2.75) is 46.8 Å². The fourth-order valence-electron chi connectivity index (χ4n) is 3.72. The number of rotatable bonds is 11. The van der Waals surface area contributed by atoms with Gasteiger partial charge in [-0.05, 0) is 43.5 Å². The van der Waals surface area contributed by atoms with Crippen molar-refractivity contribution in [3.63, 3.8) is 0 Å². The highest BCUT2D eigenvalue weighted by Gasteiger charge is 2.23. The predicted octanol–water partition coefficient (Wildman–Crippen LogP) is 5.21. The molecule has 32 heavy (non-hydrogen) atoms. The second kappa shape index (κ2) is 11.2. The molecule has 0 fully saturated rings. The molecule has 0 unspecified atom stereocenters. The third-order valence-electron chi connectivity index (χ3n) is 5.34. The van der Waals surface area contributed by atoms with E-state index < -0.39 is 0 Å². The number of nitrogens with zero attached hydrogens (tertiary/aromatic N) is 3. The summed E-state index contributed by atoms with van der Waals surface area (Å²) in [5.41, 5.74) is 2.86. The van der Waals surface area contributed by atoms with Crippen LogP contribution in [0, 0.1) is 12.8 Å². The minimum Gasteiger partial charge on any atom is -0.497 e. The fourth-order valence-corrected chi connectivity index (χ4v) is 3.72. The van der Waals surface area contributed by atoms with Crippen LogP contribution in [-0.2, 0) is 6.54 Å². The second-order valence-electron chi connectivity index (χ2n) is 8.55. The van der Waals surface area contributed by atoms with Crippen LogP contribution in [0.3, 0.4) is 0 Å². The smallest absolute Gasteiger partial charge is 0.227 e. The van der Waals surface area contributed by atoms with Crippen LogP contribution < -0.4 is 9.47 Å². The van der Waals surface area contributed by atoms with Crippen molar-refractivity contribution in [3.05, 3.63) is 65.9 Å². The average Bonchev–Trinajstić information content (AvgIpc) is 3.09. The number of aliphatic hydroxyl groups excluding tert-OH is 1. The molecule has 6 nitrogen and oxygen atoms in total. The standard InChI is InChI=1S/C26H35N3O3/c1-6-22(30)17-28(16-19(2)3)18-25-20(4)27-29(21-11-8-7-9-12-21)26(25)32-24-14-10-13-23(15-24)31-5/h7-15,19,22,30H,6,16-18H2,1-5H3/t22-/m0/s1. The van der Waals surface area contributed by atoms with Crippen molar-refractivity contribution in [1.82, 2.24) is 14.7 Å². The van der Waals surface area contributed by atoms with E-state index in [9.17, 15) is 5.11 Å². The summed E-state index contributed by atoms with van der Waals surface area (Å²) in [6, 6.07) is 17.6. The highest BCUT2D eigenvalue weighted by molar-refractivity contribution is 5.44. The Morgan fingerprint density at radius 3 is 2.41 bits per heavy atom. The number of hydrogen-bond acceptors (Lipinski definition) is 5. The number of hydrogen-bond donors (Lipinski definition) is 1. The maximum atomic E-state index is 10.3. The largest absolute Gasteiger partial charge is 0.497 e. The lowest BCUT2D eigenvalue weighted by Crippen LogP contribution is -2.34. The lowest BCUT2D eigenvalue weighted by atomic mass is 10.1. The molecule has 0 radical (unpaired) electrons. The Kier molecular flexibility index (Phi) is 8.31. The third kappa shape index (κ3) is 6.11. The topological polar surface area (TPSA) is 59.8 Å². The molecule has 1 N–H and O–H groups in total. The lowest BCUT2D eigenvalue weighted by molar-refractivity contribution is 0.0980. The number of benzene rings is 2. The minimum absolute atomic E-state index is 0.360. The van der Waals surface area contributed by atoms with Gasteiger partial charge in [-0.2, -0.15) is 5.10 Å². The van der Waals surface area contributed by atoms with Crippen LogP contribution in [0.1, 0.15) is 38.4 Å². The number of ether oxygens (including phenoxy) is 2. The van der Waals surface area contributed by atoms with Gasteiger partial charge in [0.15, 0.2) is 0 Å². The van der Waals surface area contributed by atoms with Gasteiger partial charge < -0.3 is 14.6 Å². The number of aromatic nitrogens is 2. The van der Waals surface area contributed by atoms with Gasteiger partial charge in [-0.25, -0.2) is 4.68 Å². The van der Waals surface area contributed by atoms with Crippen LogP contribution >= 0.6 is 0 Å². The Balaban J connectivity index is 2.02. The van der Waals surface area contributed by atoms with Gasteiger partial charge in [-0.15, -0.1) is 0 Å². The molecule has 6 heteroatoms. The van der Waals surface area contributed by atoms with Gasteiger partial charge in [-0.3, -0.25) is 4.90 Å². The van der Waals surface area contributed by atoms with Crippen LogP contribution in [0.25, 0.3) is 5.69 Å². The normalized spacial score (nSPS) is 12.4. The molecule has 0 aliphatic heterocycles. The SMILES string of the molecule is CC[C@H](O)CN(Cc1c(C)nn(-c2ccccc2)c1Oc1cccc(OC)c1)CC(C)C. The van der Waals surface area contributed by atoms with Gasteiger partial charge >= 0.3 is 0 Å². The molecule has 1 aromatic heterocycles. The molecule has 0 spiro atoms. The van der Waals surface area contributed by atoms with E-state index in [1.54, 1.807) is 7.11 Å². The first-order chi connectivity index (χ1) is 15.4. The molecule has 1 atom stereocenters. The number of aliphatic hydroxyl groups is 1. The van der Waals surface area contributed by atoms with Crippen molar-refractivity contribution in [2.75, 3.05) is 20.2 Å². The molecular formula is C26H35N3O3. The zero-order valence-corrected chi connectivity index (χ0v) is 19.8. The second-order valence-corrected chi connectivity index (χ2v) is 8.55. The molecule has 3 aromatic rings. The van der Waals surface area contributed by atoms with E-state index in [2.05, 4.69) is 18.7 Å².